The Morgan fingerprint density at radius 3 is 3.00 bits per heavy atom. The van der Waals surface area contributed by atoms with Crippen molar-refractivity contribution in [2.75, 3.05) is 25.6 Å². The van der Waals surface area contributed by atoms with E-state index in [2.05, 4.69) is 10.4 Å². The van der Waals surface area contributed by atoms with E-state index in [0.717, 1.165) is 60.0 Å². The number of aromatic nitrogens is 3. The first kappa shape index (κ1) is 15.9. The van der Waals surface area contributed by atoms with Crippen LogP contribution < -0.4 is 10.1 Å². The molecule has 1 saturated heterocycles. The van der Waals surface area contributed by atoms with Gasteiger partial charge in [0, 0.05) is 30.5 Å². The lowest BCUT2D eigenvalue weighted by atomic mass is 10.1. The second-order valence-electron chi connectivity index (χ2n) is 6.29. The predicted molar refractivity (Wildman–Crippen MR) is 97.2 cm³/mol. The van der Waals surface area contributed by atoms with Gasteiger partial charge >= 0.3 is 0 Å². The molecule has 6 heteroatoms. The number of hydrogen-bond acceptors (Lipinski definition) is 5. The van der Waals surface area contributed by atoms with E-state index in [4.69, 9.17) is 14.5 Å². The molecule has 6 nitrogen and oxygen atoms in total. The average molecular weight is 338 g/mol. The summed E-state index contributed by atoms with van der Waals surface area (Å²) in [4.78, 5) is 4.70. The minimum Gasteiger partial charge on any atom is -0.496 e. The highest BCUT2D eigenvalue weighted by Gasteiger charge is 2.18. The molecule has 1 fully saturated rings. The van der Waals surface area contributed by atoms with Gasteiger partial charge in [0.25, 0.3) is 0 Å². The molecule has 1 aliphatic heterocycles. The van der Waals surface area contributed by atoms with Crippen molar-refractivity contribution in [3.05, 3.63) is 42.2 Å². The molecule has 0 bridgehead atoms. The van der Waals surface area contributed by atoms with Crippen LogP contribution in [0.5, 0.6) is 5.75 Å². The van der Waals surface area contributed by atoms with Gasteiger partial charge in [0.2, 0.25) is 0 Å². The fourth-order valence-corrected chi connectivity index (χ4v) is 3.29. The molecule has 3 heterocycles. The van der Waals surface area contributed by atoms with Gasteiger partial charge in [-0.3, -0.25) is 0 Å². The van der Waals surface area contributed by atoms with Gasteiger partial charge in [0.1, 0.15) is 11.6 Å². The first-order chi connectivity index (χ1) is 12.3. The maximum atomic E-state index is 5.70. The predicted octanol–water partition coefficient (Wildman–Crippen LogP) is 3.30. The summed E-state index contributed by atoms with van der Waals surface area (Å²) in [6, 6.07) is 9.94. The summed E-state index contributed by atoms with van der Waals surface area (Å²) in [6.07, 6.45) is 4.35. The molecular formula is C19H22N4O2. The summed E-state index contributed by atoms with van der Waals surface area (Å²) in [6.45, 7) is 3.63. The highest BCUT2D eigenvalue weighted by Crippen LogP contribution is 2.32. The third-order valence-electron chi connectivity index (χ3n) is 4.53. The van der Waals surface area contributed by atoms with Gasteiger partial charge in [-0.1, -0.05) is 18.2 Å². The number of aryl methyl sites for hydroxylation is 1. The van der Waals surface area contributed by atoms with Crippen molar-refractivity contribution >= 4 is 11.5 Å². The molecule has 2 aromatic heterocycles. The highest BCUT2D eigenvalue weighted by molar-refractivity contribution is 5.82. The summed E-state index contributed by atoms with van der Waals surface area (Å²) in [7, 11) is 1.68. The van der Waals surface area contributed by atoms with Crippen molar-refractivity contribution in [3.63, 3.8) is 0 Å². The number of para-hydroxylation sites is 1. The number of nitrogens with zero attached hydrogens (tertiary/aromatic N) is 3. The fourth-order valence-electron chi connectivity index (χ4n) is 3.29. The number of nitrogens with one attached hydrogen (secondary N) is 1. The number of ether oxygens (including phenoxy) is 2. The Hall–Kier alpha value is -2.60. The molecule has 0 radical (unpaired) electrons. The minimum atomic E-state index is 0.271. The smallest absolute Gasteiger partial charge is 0.165 e. The molecule has 130 valence electrons. The zero-order valence-corrected chi connectivity index (χ0v) is 14.5. The van der Waals surface area contributed by atoms with Crippen LogP contribution in [0, 0.1) is 6.92 Å². The molecule has 1 aromatic carbocycles. The molecule has 4 rings (SSSR count). The van der Waals surface area contributed by atoms with E-state index in [1.165, 1.54) is 0 Å². The highest BCUT2D eigenvalue weighted by atomic mass is 16.5. The van der Waals surface area contributed by atoms with Crippen LogP contribution in [0.15, 0.2) is 36.5 Å². The van der Waals surface area contributed by atoms with Crippen molar-refractivity contribution in [3.8, 4) is 16.9 Å². The van der Waals surface area contributed by atoms with Crippen LogP contribution >= 0.6 is 0 Å². The van der Waals surface area contributed by atoms with Crippen molar-refractivity contribution < 1.29 is 9.47 Å². The molecule has 1 N–H and O–H groups in total. The maximum Gasteiger partial charge on any atom is 0.165 e. The number of benzene rings is 1. The number of fused-ring (bicyclic) bond motifs is 1. The fraction of sp³-hybridized carbons (Fsp3) is 0.368. The van der Waals surface area contributed by atoms with E-state index >= 15 is 0 Å². The molecule has 3 aromatic rings. The van der Waals surface area contributed by atoms with Gasteiger partial charge in [0.15, 0.2) is 5.65 Å². The molecule has 0 unspecified atom stereocenters. The summed E-state index contributed by atoms with van der Waals surface area (Å²) in [5, 5.41) is 8.02. The van der Waals surface area contributed by atoms with Crippen molar-refractivity contribution in [2.24, 2.45) is 0 Å². The summed E-state index contributed by atoms with van der Waals surface area (Å²) in [5.41, 5.74) is 3.71. The van der Waals surface area contributed by atoms with E-state index in [-0.39, 0.29) is 6.10 Å². The minimum absolute atomic E-state index is 0.271. The number of rotatable bonds is 5. The Balaban J connectivity index is 1.73. The lowest BCUT2D eigenvalue weighted by Gasteiger charge is -2.13. The second kappa shape index (κ2) is 6.72. The lowest BCUT2D eigenvalue weighted by molar-refractivity contribution is 0.120. The van der Waals surface area contributed by atoms with E-state index in [0.29, 0.717) is 0 Å². The summed E-state index contributed by atoms with van der Waals surface area (Å²) >= 11 is 0. The Kier molecular flexibility index (Phi) is 4.28. The van der Waals surface area contributed by atoms with Crippen molar-refractivity contribution in [2.45, 2.75) is 25.9 Å². The summed E-state index contributed by atoms with van der Waals surface area (Å²) < 4.78 is 13.0. The SMILES string of the molecule is COc1ccccc1-c1cnn2c(NC[C@@H]3CCCO3)cc(C)nc12. The van der Waals surface area contributed by atoms with Gasteiger partial charge < -0.3 is 14.8 Å². The third kappa shape index (κ3) is 3.05. The summed E-state index contributed by atoms with van der Waals surface area (Å²) in [5.74, 6) is 1.74. The third-order valence-corrected chi connectivity index (χ3v) is 4.53. The maximum absolute atomic E-state index is 5.70. The van der Waals surface area contributed by atoms with E-state index in [9.17, 15) is 0 Å². The topological polar surface area (TPSA) is 60.7 Å². The van der Waals surface area contributed by atoms with E-state index < -0.39 is 0 Å². The van der Waals surface area contributed by atoms with Crippen LogP contribution in [0.25, 0.3) is 16.8 Å². The number of hydrogen-bond donors (Lipinski definition) is 1. The van der Waals surface area contributed by atoms with Gasteiger partial charge in [-0.05, 0) is 25.8 Å². The Morgan fingerprint density at radius 1 is 1.32 bits per heavy atom. The number of anilines is 1. The second-order valence-corrected chi connectivity index (χ2v) is 6.29. The first-order valence-electron chi connectivity index (χ1n) is 8.60. The quantitative estimate of drug-likeness (QED) is 0.773. The number of methoxy groups -OCH3 is 1. The zero-order valence-electron chi connectivity index (χ0n) is 14.5. The van der Waals surface area contributed by atoms with Gasteiger partial charge in [-0.25, -0.2) is 4.98 Å². The van der Waals surface area contributed by atoms with Gasteiger partial charge in [-0.2, -0.15) is 9.61 Å². The molecule has 0 saturated carbocycles. The normalized spacial score (nSPS) is 17.1. The Morgan fingerprint density at radius 2 is 2.20 bits per heavy atom. The Bertz CT molecular complexity index is 884. The van der Waals surface area contributed by atoms with E-state index in [1.54, 1.807) is 7.11 Å². The van der Waals surface area contributed by atoms with Crippen LogP contribution in [0.2, 0.25) is 0 Å². The van der Waals surface area contributed by atoms with Crippen LogP contribution in [-0.4, -0.2) is 41.0 Å². The molecule has 0 amide bonds. The molecule has 1 aliphatic rings. The lowest BCUT2D eigenvalue weighted by Crippen LogP contribution is -2.20. The van der Waals surface area contributed by atoms with Crippen molar-refractivity contribution in [1.29, 1.82) is 0 Å². The molecule has 0 spiro atoms. The largest absolute Gasteiger partial charge is 0.496 e. The van der Waals surface area contributed by atoms with Crippen molar-refractivity contribution in [1.82, 2.24) is 14.6 Å². The molecule has 25 heavy (non-hydrogen) atoms. The van der Waals surface area contributed by atoms with Gasteiger partial charge in [-0.15, -0.1) is 0 Å². The molecule has 1 atom stereocenters. The van der Waals surface area contributed by atoms with Crippen LogP contribution in [0.1, 0.15) is 18.5 Å². The van der Waals surface area contributed by atoms with Crippen LogP contribution in [0.4, 0.5) is 5.82 Å². The van der Waals surface area contributed by atoms with E-state index in [1.807, 2.05) is 48.0 Å². The Labute approximate surface area is 146 Å². The first-order valence-corrected chi connectivity index (χ1v) is 8.60. The molecular weight excluding hydrogens is 316 g/mol. The monoisotopic (exact) mass is 338 g/mol. The molecule has 0 aliphatic carbocycles. The van der Waals surface area contributed by atoms with Crippen LogP contribution in [-0.2, 0) is 4.74 Å². The average Bonchev–Trinajstić information content (AvgIpc) is 3.29. The zero-order chi connectivity index (χ0) is 17.2. The van der Waals surface area contributed by atoms with Crippen LogP contribution in [0.3, 0.4) is 0 Å². The standard InChI is InChI=1S/C19H22N4O2/c1-13-10-18(20-11-14-6-5-9-25-14)23-19(22-13)16(12-21-23)15-7-3-4-8-17(15)24-2/h3-4,7-8,10,12,14,20H,5-6,9,11H2,1-2H3/t14-/m0/s1. The van der Waals surface area contributed by atoms with Gasteiger partial charge in [0.05, 0.1) is 25.0 Å².